The van der Waals surface area contributed by atoms with Crippen molar-refractivity contribution in [2.24, 2.45) is 12.5 Å². The third kappa shape index (κ3) is 4.31. The third-order valence-electron chi connectivity index (χ3n) is 3.64. The Morgan fingerprint density at radius 3 is 2.52 bits per heavy atom. The van der Waals surface area contributed by atoms with E-state index in [0.717, 1.165) is 12.2 Å². The van der Waals surface area contributed by atoms with Crippen LogP contribution in [-0.4, -0.2) is 36.9 Å². The zero-order valence-corrected chi connectivity index (χ0v) is 14.5. The monoisotopic (exact) mass is 313 g/mol. The number of aromatic nitrogens is 1. The van der Waals surface area contributed by atoms with Crippen LogP contribution in [0, 0.1) is 5.41 Å². The molecule has 1 aliphatic carbocycles. The normalized spacial score (nSPS) is 16.7. The van der Waals surface area contributed by atoms with Gasteiger partial charge in [0.1, 0.15) is 4.90 Å². The molecule has 6 heteroatoms. The number of hydrogen-bond donors (Lipinski definition) is 1. The van der Waals surface area contributed by atoms with Crippen molar-refractivity contribution in [3.05, 3.63) is 18.0 Å². The van der Waals surface area contributed by atoms with Gasteiger partial charge in [0.15, 0.2) is 0 Å². The summed E-state index contributed by atoms with van der Waals surface area (Å²) in [5.74, 6) is 0. The first-order valence-electron chi connectivity index (χ1n) is 7.44. The van der Waals surface area contributed by atoms with E-state index in [-0.39, 0.29) is 5.41 Å². The largest absolute Gasteiger partial charge is 0.352 e. The minimum atomic E-state index is -3.41. The van der Waals surface area contributed by atoms with Crippen LogP contribution in [0.15, 0.2) is 17.2 Å². The van der Waals surface area contributed by atoms with Crippen LogP contribution in [0.5, 0.6) is 0 Å². The summed E-state index contributed by atoms with van der Waals surface area (Å²) in [4.78, 5) is 0.379. The van der Waals surface area contributed by atoms with Gasteiger partial charge in [-0.3, -0.25) is 0 Å². The average molecular weight is 313 g/mol. The van der Waals surface area contributed by atoms with Crippen LogP contribution in [0.4, 0.5) is 0 Å². The van der Waals surface area contributed by atoms with Crippen LogP contribution < -0.4 is 5.32 Å². The Bertz CT molecular complexity index is 595. The van der Waals surface area contributed by atoms with E-state index in [9.17, 15) is 8.42 Å². The SMILES string of the molecule is CN(CC(C)(C)C)S(=O)(=O)c1cc(CNC2CC2)n(C)c1. The summed E-state index contributed by atoms with van der Waals surface area (Å²) in [5, 5.41) is 3.42. The molecule has 0 unspecified atom stereocenters. The molecule has 21 heavy (non-hydrogen) atoms. The van der Waals surface area contributed by atoms with Crippen LogP contribution in [-0.2, 0) is 23.6 Å². The molecule has 2 rings (SSSR count). The lowest BCUT2D eigenvalue weighted by atomic mass is 9.97. The Balaban J connectivity index is 2.13. The highest BCUT2D eigenvalue weighted by Crippen LogP contribution is 2.23. The van der Waals surface area contributed by atoms with Crippen molar-refractivity contribution in [2.75, 3.05) is 13.6 Å². The smallest absolute Gasteiger partial charge is 0.244 e. The minimum Gasteiger partial charge on any atom is -0.352 e. The fraction of sp³-hybridized carbons (Fsp3) is 0.733. The Morgan fingerprint density at radius 1 is 1.38 bits per heavy atom. The number of rotatable bonds is 6. The molecular weight excluding hydrogens is 286 g/mol. The van der Waals surface area contributed by atoms with Gasteiger partial charge in [0, 0.05) is 45.1 Å². The van der Waals surface area contributed by atoms with Gasteiger partial charge in [-0.15, -0.1) is 0 Å². The summed E-state index contributed by atoms with van der Waals surface area (Å²) >= 11 is 0. The maximum Gasteiger partial charge on any atom is 0.244 e. The van der Waals surface area contributed by atoms with Crippen LogP contribution in [0.3, 0.4) is 0 Å². The van der Waals surface area contributed by atoms with E-state index in [1.54, 1.807) is 19.3 Å². The molecular formula is C15H27N3O2S. The van der Waals surface area contributed by atoms with Gasteiger partial charge >= 0.3 is 0 Å². The zero-order valence-electron chi connectivity index (χ0n) is 13.7. The molecule has 1 heterocycles. The van der Waals surface area contributed by atoms with Crippen molar-refractivity contribution in [2.45, 2.75) is 51.1 Å². The molecule has 120 valence electrons. The fourth-order valence-corrected chi connectivity index (χ4v) is 3.86. The van der Waals surface area contributed by atoms with Crippen LogP contribution >= 0.6 is 0 Å². The van der Waals surface area contributed by atoms with Gasteiger partial charge in [0.25, 0.3) is 0 Å². The predicted octanol–water partition coefficient (Wildman–Crippen LogP) is 1.94. The van der Waals surface area contributed by atoms with Crippen molar-refractivity contribution in [3.63, 3.8) is 0 Å². The van der Waals surface area contributed by atoms with E-state index in [1.165, 1.54) is 17.1 Å². The second-order valence-corrected chi connectivity index (χ2v) is 9.30. The highest BCUT2D eigenvalue weighted by Gasteiger charge is 2.27. The van der Waals surface area contributed by atoms with Crippen molar-refractivity contribution in [3.8, 4) is 0 Å². The molecule has 0 atom stereocenters. The molecule has 0 amide bonds. The molecule has 1 fully saturated rings. The molecule has 1 aromatic rings. The number of sulfonamides is 1. The van der Waals surface area contributed by atoms with Gasteiger partial charge in [0.05, 0.1) is 0 Å². The Kier molecular flexibility index (Phi) is 4.52. The van der Waals surface area contributed by atoms with Gasteiger partial charge in [0.2, 0.25) is 10.0 Å². The van der Waals surface area contributed by atoms with E-state index < -0.39 is 10.0 Å². The lowest BCUT2D eigenvalue weighted by Gasteiger charge is -2.25. The summed E-state index contributed by atoms with van der Waals surface area (Å²) in [5.41, 5.74) is 0.942. The lowest BCUT2D eigenvalue weighted by Crippen LogP contribution is -2.34. The summed E-state index contributed by atoms with van der Waals surface area (Å²) in [6.07, 6.45) is 4.16. The molecule has 0 bridgehead atoms. The number of aryl methyl sites for hydroxylation is 1. The number of nitrogens with zero attached hydrogens (tertiary/aromatic N) is 2. The highest BCUT2D eigenvalue weighted by atomic mass is 32.2. The van der Waals surface area contributed by atoms with Gasteiger partial charge < -0.3 is 9.88 Å². The predicted molar refractivity (Wildman–Crippen MR) is 84.5 cm³/mol. The summed E-state index contributed by atoms with van der Waals surface area (Å²) in [6, 6.07) is 2.40. The standard InChI is InChI=1S/C15H27N3O2S/c1-15(2,3)11-18(5)21(19,20)14-8-13(17(4)10-14)9-16-12-6-7-12/h8,10,12,16H,6-7,9,11H2,1-5H3. The van der Waals surface area contributed by atoms with Crippen molar-refractivity contribution >= 4 is 10.0 Å². The van der Waals surface area contributed by atoms with E-state index in [1.807, 2.05) is 32.4 Å². The van der Waals surface area contributed by atoms with E-state index in [0.29, 0.717) is 17.5 Å². The van der Waals surface area contributed by atoms with Crippen LogP contribution in [0.1, 0.15) is 39.3 Å². The van der Waals surface area contributed by atoms with Gasteiger partial charge in [-0.25, -0.2) is 12.7 Å². The molecule has 0 aromatic carbocycles. The first-order chi connectivity index (χ1) is 9.59. The molecule has 1 aromatic heterocycles. The average Bonchev–Trinajstić information content (AvgIpc) is 3.08. The number of hydrogen-bond acceptors (Lipinski definition) is 3. The van der Waals surface area contributed by atoms with Crippen molar-refractivity contribution in [1.82, 2.24) is 14.2 Å². The number of nitrogens with one attached hydrogen (secondary N) is 1. The third-order valence-corrected chi connectivity index (χ3v) is 5.41. The Morgan fingerprint density at radius 2 is 2.00 bits per heavy atom. The lowest BCUT2D eigenvalue weighted by molar-refractivity contribution is 0.311. The minimum absolute atomic E-state index is 0.0625. The Labute approximate surface area is 128 Å². The van der Waals surface area contributed by atoms with Crippen LogP contribution in [0.25, 0.3) is 0 Å². The summed E-state index contributed by atoms with van der Waals surface area (Å²) in [6.45, 7) is 7.33. The first-order valence-corrected chi connectivity index (χ1v) is 8.88. The zero-order chi connectivity index (χ0) is 15.8. The van der Waals surface area contributed by atoms with Gasteiger partial charge in [-0.2, -0.15) is 0 Å². The van der Waals surface area contributed by atoms with E-state index >= 15 is 0 Å². The van der Waals surface area contributed by atoms with Crippen molar-refractivity contribution in [1.29, 1.82) is 0 Å². The molecule has 0 spiro atoms. The Hall–Kier alpha value is -0.850. The summed E-state index contributed by atoms with van der Waals surface area (Å²) < 4.78 is 28.6. The van der Waals surface area contributed by atoms with Crippen molar-refractivity contribution < 1.29 is 8.42 Å². The van der Waals surface area contributed by atoms with Gasteiger partial charge in [-0.05, 0) is 24.3 Å². The molecule has 1 saturated carbocycles. The fourth-order valence-electron chi connectivity index (χ4n) is 2.36. The summed E-state index contributed by atoms with van der Waals surface area (Å²) in [7, 11) is 0.132. The van der Waals surface area contributed by atoms with E-state index in [2.05, 4.69) is 5.32 Å². The molecule has 1 N–H and O–H groups in total. The quantitative estimate of drug-likeness (QED) is 0.873. The maximum absolute atomic E-state index is 12.6. The molecule has 0 radical (unpaired) electrons. The molecule has 1 aliphatic rings. The van der Waals surface area contributed by atoms with Crippen LogP contribution in [0.2, 0.25) is 0 Å². The highest BCUT2D eigenvalue weighted by molar-refractivity contribution is 7.89. The molecule has 0 aliphatic heterocycles. The van der Waals surface area contributed by atoms with Gasteiger partial charge in [-0.1, -0.05) is 20.8 Å². The topological polar surface area (TPSA) is 54.3 Å². The first kappa shape index (κ1) is 16.5. The second kappa shape index (κ2) is 5.74. The molecule has 5 nitrogen and oxygen atoms in total. The second-order valence-electron chi connectivity index (χ2n) is 7.25. The maximum atomic E-state index is 12.6. The van der Waals surface area contributed by atoms with E-state index in [4.69, 9.17) is 0 Å². The molecule has 0 saturated heterocycles.